The van der Waals surface area contributed by atoms with Gasteiger partial charge in [-0.05, 0) is 13.6 Å². The third-order valence-corrected chi connectivity index (χ3v) is 2.74. The number of hydrogen-bond donors (Lipinski definition) is 1. The van der Waals surface area contributed by atoms with E-state index in [0.29, 0.717) is 13.2 Å². The zero-order valence-electron chi connectivity index (χ0n) is 10.4. The second kappa shape index (κ2) is 7.60. The second-order valence-corrected chi connectivity index (χ2v) is 4.15. The third-order valence-electron chi connectivity index (χ3n) is 2.74. The van der Waals surface area contributed by atoms with Crippen LogP contribution in [0.2, 0.25) is 0 Å². The van der Waals surface area contributed by atoms with Crippen molar-refractivity contribution in [1.82, 2.24) is 15.1 Å². The molecule has 5 heteroatoms. The summed E-state index contributed by atoms with van der Waals surface area (Å²) in [5.41, 5.74) is 0. The van der Waals surface area contributed by atoms with E-state index in [1.807, 2.05) is 6.92 Å². The molecule has 1 heterocycles. The highest BCUT2D eigenvalue weighted by atomic mass is 16.5. The molecule has 0 atom stereocenters. The Balaban J connectivity index is 2.05. The molecule has 0 radical (unpaired) electrons. The molecule has 1 aliphatic rings. The number of likely N-dealkylation sites (N-methyl/N-ethyl adjacent to an activating group) is 2. The van der Waals surface area contributed by atoms with Gasteiger partial charge in [0.2, 0.25) is 0 Å². The number of nitrogens with one attached hydrogen (secondary N) is 1. The van der Waals surface area contributed by atoms with Crippen molar-refractivity contribution in [3.63, 3.8) is 0 Å². The van der Waals surface area contributed by atoms with E-state index in [1.165, 1.54) is 0 Å². The molecule has 94 valence electrons. The average Bonchev–Trinajstić information content (AvgIpc) is 2.28. The number of carbonyl (C=O) groups excluding carboxylic acids is 1. The molecule has 0 aromatic heterocycles. The van der Waals surface area contributed by atoms with Gasteiger partial charge in [0.05, 0.1) is 6.54 Å². The van der Waals surface area contributed by atoms with Crippen molar-refractivity contribution >= 4 is 5.97 Å². The first kappa shape index (κ1) is 13.4. The Morgan fingerprint density at radius 1 is 1.31 bits per heavy atom. The van der Waals surface area contributed by atoms with Gasteiger partial charge >= 0.3 is 5.97 Å². The van der Waals surface area contributed by atoms with Crippen LogP contribution in [0.15, 0.2) is 0 Å². The first-order chi connectivity index (χ1) is 7.72. The van der Waals surface area contributed by atoms with Crippen LogP contribution < -0.4 is 5.32 Å². The van der Waals surface area contributed by atoms with Gasteiger partial charge in [0.1, 0.15) is 6.61 Å². The molecular weight excluding hydrogens is 206 g/mol. The first-order valence-electron chi connectivity index (χ1n) is 5.99. The van der Waals surface area contributed by atoms with E-state index in [9.17, 15) is 4.79 Å². The van der Waals surface area contributed by atoms with Crippen LogP contribution >= 0.6 is 0 Å². The average molecular weight is 229 g/mol. The molecule has 0 spiro atoms. The fraction of sp³-hybridized carbons (Fsp3) is 0.909. The fourth-order valence-corrected chi connectivity index (χ4v) is 1.65. The maximum atomic E-state index is 11.5. The minimum Gasteiger partial charge on any atom is -0.463 e. The Morgan fingerprint density at radius 3 is 2.62 bits per heavy atom. The molecule has 5 nitrogen and oxygen atoms in total. The smallest absolute Gasteiger partial charge is 0.320 e. The summed E-state index contributed by atoms with van der Waals surface area (Å²) in [5, 5.41) is 3.12. The standard InChI is InChI=1S/C11H23N3O2/c1-3-12-4-9-16-11(15)10-14-7-5-13(2)6-8-14/h12H,3-10H2,1-2H3. The SMILES string of the molecule is CCNCCOC(=O)CN1CCN(C)CC1. The summed E-state index contributed by atoms with van der Waals surface area (Å²) in [6.07, 6.45) is 0. The highest BCUT2D eigenvalue weighted by Crippen LogP contribution is 1.98. The Labute approximate surface area is 97.7 Å². The number of piperazine rings is 1. The molecule has 1 N–H and O–H groups in total. The van der Waals surface area contributed by atoms with Gasteiger partial charge < -0.3 is 15.0 Å². The quantitative estimate of drug-likeness (QED) is 0.486. The molecule has 1 fully saturated rings. The van der Waals surface area contributed by atoms with Gasteiger partial charge in [-0.1, -0.05) is 6.92 Å². The Morgan fingerprint density at radius 2 is 2.00 bits per heavy atom. The molecule has 0 aliphatic carbocycles. The summed E-state index contributed by atoms with van der Waals surface area (Å²) >= 11 is 0. The molecule has 0 amide bonds. The van der Waals surface area contributed by atoms with Crippen LogP contribution in [-0.2, 0) is 9.53 Å². The van der Waals surface area contributed by atoms with Gasteiger partial charge in [0.15, 0.2) is 0 Å². The van der Waals surface area contributed by atoms with E-state index < -0.39 is 0 Å². The number of ether oxygens (including phenoxy) is 1. The molecule has 16 heavy (non-hydrogen) atoms. The number of carbonyl (C=O) groups is 1. The predicted octanol–water partition coefficient (Wildman–Crippen LogP) is -0.613. The van der Waals surface area contributed by atoms with Crippen molar-refractivity contribution in [1.29, 1.82) is 0 Å². The summed E-state index contributed by atoms with van der Waals surface area (Å²) < 4.78 is 5.12. The lowest BCUT2D eigenvalue weighted by Gasteiger charge is -2.31. The van der Waals surface area contributed by atoms with Crippen molar-refractivity contribution in [2.75, 3.05) is 59.5 Å². The first-order valence-corrected chi connectivity index (χ1v) is 5.99. The van der Waals surface area contributed by atoms with Crippen molar-refractivity contribution in [2.45, 2.75) is 6.92 Å². The fourth-order valence-electron chi connectivity index (χ4n) is 1.65. The molecule has 0 aromatic rings. The maximum Gasteiger partial charge on any atom is 0.320 e. The van der Waals surface area contributed by atoms with Gasteiger partial charge in [-0.25, -0.2) is 0 Å². The largest absolute Gasteiger partial charge is 0.463 e. The van der Waals surface area contributed by atoms with Crippen LogP contribution in [0.25, 0.3) is 0 Å². The Bertz CT molecular complexity index is 203. The van der Waals surface area contributed by atoms with Crippen molar-refractivity contribution < 1.29 is 9.53 Å². The monoisotopic (exact) mass is 229 g/mol. The summed E-state index contributed by atoms with van der Waals surface area (Å²) in [6, 6.07) is 0. The summed E-state index contributed by atoms with van der Waals surface area (Å²) in [5.74, 6) is -0.109. The molecule has 0 unspecified atom stereocenters. The minimum absolute atomic E-state index is 0.109. The van der Waals surface area contributed by atoms with E-state index in [2.05, 4.69) is 22.2 Å². The summed E-state index contributed by atoms with van der Waals surface area (Å²) in [6.45, 7) is 8.57. The number of hydrogen-bond acceptors (Lipinski definition) is 5. The molecule has 0 aromatic carbocycles. The molecule has 0 saturated carbocycles. The second-order valence-electron chi connectivity index (χ2n) is 4.15. The lowest BCUT2D eigenvalue weighted by Crippen LogP contribution is -2.46. The topological polar surface area (TPSA) is 44.8 Å². The Kier molecular flexibility index (Phi) is 6.37. The normalized spacial score (nSPS) is 18.6. The van der Waals surface area contributed by atoms with Crippen molar-refractivity contribution in [3.05, 3.63) is 0 Å². The number of esters is 1. The summed E-state index contributed by atoms with van der Waals surface area (Å²) in [4.78, 5) is 15.9. The maximum absolute atomic E-state index is 11.5. The Hall–Kier alpha value is -0.650. The highest BCUT2D eigenvalue weighted by Gasteiger charge is 2.16. The van der Waals surface area contributed by atoms with Crippen LogP contribution in [0.4, 0.5) is 0 Å². The van der Waals surface area contributed by atoms with E-state index in [4.69, 9.17) is 4.74 Å². The van der Waals surface area contributed by atoms with Crippen LogP contribution in [-0.4, -0.2) is 75.2 Å². The molecular formula is C11H23N3O2. The predicted molar refractivity (Wildman–Crippen MR) is 63.4 cm³/mol. The van der Waals surface area contributed by atoms with Gasteiger partial charge in [-0.2, -0.15) is 0 Å². The van der Waals surface area contributed by atoms with Gasteiger partial charge in [-0.3, -0.25) is 9.69 Å². The van der Waals surface area contributed by atoms with E-state index in [1.54, 1.807) is 0 Å². The van der Waals surface area contributed by atoms with Crippen LogP contribution in [0.3, 0.4) is 0 Å². The van der Waals surface area contributed by atoms with E-state index in [-0.39, 0.29) is 5.97 Å². The van der Waals surface area contributed by atoms with Gasteiger partial charge in [0.25, 0.3) is 0 Å². The molecule has 1 rings (SSSR count). The number of rotatable bonds is 6. The zero-order valence-corrected chi connectivity index (χ0v) is 10.4. The zero-order chi connectivity index (χ0) is 11.8. The lowest BCUT2D eigenvalue weighted by atomic mass is 10.3. The van der Waals surface area contributed by atoms with Gasteiger partial charge in [0, 0.05) is 32.7 Å². The number of nitrogens with zero attached hydrogens (tertiary/aromatic N) is 2. The minimum atomic E-state index is -0.109. The van der Waals surface area contributed by atoms with Crippen molar-refractivity contribution in [2.24, 2.45) is 0 Å². The van der Waals surface area contributed by atoms with Gasteiger partial charge in [-0.15, -0.1) is 0 Å². The van der Waals surface area contributed by atoms with Crippen molar-refractivity contribution in [3.8, 4) is 0 Å². The highest BCUT2D eigenvalue weighted by molar-refractivity contribution is 5.71. The molecule has 0 bridgehead atoms. The third kappa shape index (κ3) is 5.44. The van der Waals surface area contributed by atoms with Crippen LogP contribution in [0, 0.1) is 0 Å². The van der Waals surface area contributed by atoms with Crippen LogP contribution in [0.1, 0.15) is 6.92 Å². The molecule has 1 aliphatic heterocycles. The summed E-state index contributed by atoms with van der Waals surface area (Å²) in [7, 11) is 2.10. The van der Waals surface area contributed by atoms with E-state index in [0.717, 1.165) is 39.3 Å². The van der Waals surface area contributed by atoms with E-state index >= 15 is 0 Å². The molecule has 1 saturated heterocycles. The van der Waals surface area contributed by atoms with Crippen LogP contribution in [0.5, 0.6) is 0 Å². The lowest BCUT2D eigenvalue weighted by molar-refractivity contribution is -0.145.